The molecule has 0 saturated heterocycles. The van der Waals surface area contributed by atoms with E-state index < -0.39 is 0 Å². The number of esters is 1. The molecule has 1 heterocycles. The number of carbonyl (C=O) groups is 1. The molecule has 23 heavy (non-hydrogen) atoms. The first-order valence-electron chi connectivity index (χ1n) is 7.67. The van der Waals surface area contributed by atoms with Gasteiger partial charge in [0.2, 0.25) is 0 Å². The second kappa shape index (κ2) is 7.68. The van der Waals surface area contributed by atoms with Gasteiger partial charge in [-0.1, -0.05) is 24.8 Å². The fourth-order valence-electron chi connectivity index (χ4n) is 2.57. The highest BCUT2D eigenvalue weighted by molar-refractivity contribution is 5.89. The normalized spacial score (nSPS) is 18.1. The molecule has 1 aromatic carbocycles. The van der Waals surface area contributed by atoms with Gasteiger partial charge in [0.25, 0.3) is 0 Å². The Hall–Kier alpha value is -2.49. The molecule has 1 unspecified atom stereocenters. The van der Waals surface area contributed by atoms with Crippen molar-refractivity contribution in [3.05, 3.63) is 65.9 Å². The van der Waals surface area contributed by atoms with E-state index in [1.54, 1.807) is 12.1 Å². The molecular formula is C19H23NO3. The van der Waals surface area contributed by atoms with E-state index in [2.05, 4.69) is 11.5 Å². The molecule has 0 aliphatic carbocycles. The van der Waals surface area contributed by atoms with Crippen LogP contribution in [0.1, 0.15) is 29.8 Å². The van der Waals surface area contributed by atoms with Crippen LogP contribution in [0.15, 0.2) is 54.8 Å². The Labute approximate surface area is 137 Å². The van der Waals surface area contributed by atoms with Crippen molar-refractivity contribution in [3.63, 3.8) is 0 Å². The van der Waals surface area contributed by atoms with Crippen molar-refractivity contribution in [2.45, 2.75) is 26.5 Å². The standard InChI is InChI=1S/C19H23NO3/c1-5-7-8-17(6-2)20-12-14(3)23-18-11-15(19(21)22-4)9-10-16(18)13-20/h5-11,14H,2,12-13H2,1,3-4H3/b7-5-,17-8+. The molecule has 0 saturated carbocycles. The number of allylic oxidation sites excluding steroid dienone is 4. The second-order valence-electron chi connectivity index (χ2n) is 5.44. The van der Waals surface area contributed by atoms with Crippen LogP contribution in [0, 0.1) is 0 Å². The lowest BCUT2D eigenvalue weighted by molar-refractivity contribution is 0.0600. The molecule has 2 rings (SSSR count). The molecule has 4 heteroatoms. The van der Waals surface area contributed by atoms with E-state index in [1.165, 1.54) is 7.11 Å². The van der Waals surface area contributed by atoms with Gasteiger partial charge in [0, 0.05) is 17.8 Å². The van der Waals surface area contributed by atoms with Crippen LogP contribution in [-0.4, -0.2) is 30.6 Å². The molecule has 4 nitrogen and oxygen atoms in total. The first-order valence-corrected chi connectivity index (χ1v) is 7.67. The fourth-order valence-corrected chi connectivity index (χ4v) is 2.57. The van der Waals surface area contributed by atoms with Gasteiger partial charge >= 0.3 is 5.97 Å². The molecule has 122 valence electrons. The molecule has 0 aromatic heterocycles. The number of methoxy groups -OCH3 is 1. The predicted octanol–water partition coefficient (Wildman–Crippen LogP) is 3.70. The predicted molar refractivity (Wildman–Crippen MR) is 91.4 cm³/mol. The molecule has 0 spiro atoms. The zero-order valence-electron chi connectivity index (χ0n) is 13.9. The minimum atomic E-state index is -0.357. The molecule has 1 aliphatic heterocycles. The summed E-state index contributed by atoms with van der Waals surface area (Å²) in [5, 5.41) is 0. The molecule has 0 fully saturated rings. The molecular weight excluding hydrogens is 290 g/mol. The molecule has 0 amide bonds. The van der Waals surface area contributed by atoms with Gasteiger partial charge < -0.3 is 14.4 Å². The van der Waals surface area contributed by atoms with Crippen LogP contribution in [0.3, 0.4) is 0 Å². The van der Waals surface area contributed by atoms with Crippen LogP contribution in [0.5, 0.6) is 5.75 Å². The number of hydrogen-bond donors (Lipinski definition) is 0. The van der Waals surface area contributed by atoms with E-state index >= 15 is 0 Å². The zero-order chi connectivity index (χ0) is 16.8. The van der Waals surface area contributed by atoms with Crippen molar-refractivity contribution in [1.82, 2.24) is 4.90 Å². The van der Waals surface area contributed by atoms with Crippen LogP contribution in [0.4, 0.5) is 0 Å². The molecule has 0 bridgehead atoms. The van der Waals surface area contributed by atoms with Crippen LogP contribution in [0.2, 0.25) is 0 Å². The minimum Gasteiger partial charge on any atom is -0.488 e. The van der Waals surface area contributed by atoms with Crippen molar-refractivity contribution in [1.29, 1.82) is 0 Å². The lowest BCUT2D eigenvalue weighted by atomic mass is 10.1. The van der Waals surface area contributed by atoms with E-state index in [-0.39, 0.29) is 12.1 Å². The lowest BCUT2D eigenvalue weighted by Gasteiger charge is -2.25. The first kappa shape index (κ1) is 16.9. The summed E-state index contributed by atoms with van der Waals surface area (Å²) in [4.78, 5) is 13.9. The SMILES string of the molecule is C=C/C(=C\C=C/C)N1Cc2ccc(C(=O)OC)cc2OC(C)C1. The zero-order valence-corrected chi connectivity index (χ0v) is 13.9. The third-order valence-corrected chi connectivity index (χ3v) is 3.69. The van der Waals surface area contributed by atoms with Crippen LogP contribution < -0.4 is 4.74 Å². The summed E-state index contributed by atoms with van der Waals surface area (Å²) in [6.07, 6.45) is 7.86. The van der Waals surface area contributed by atoms with E-state index in [9.17, 15) is 4.79 Å². The summed E-state index contributed by atoms with van der Waals surface area (Å²) < 4.78 is 10.8. The smallest absolute Gasteiger partial charge is 0.337 e. The number of hydrogen-bond acceptors (Lipinski definition) is 4. The number of ether oxygens (including phenoxy) is 2. The Morgan fingerprint density at radius 3 is 2.91 bits per heavy atom. The third kappa shape index (κ3) is 4.03. The van der Waals surface area contributed by atoms with Gasteiger partial charge in [-0.15, -0.1) is 0 Å². The van der Waals surface area contributed by atoms with Crippen molar-refractivity contribution in [3.8, 4) is 5.75 Å². The Morgan fingerprint density at radius 1 is 1.48 bits per heavy atom. The quantitative estimate of drug-likeness (QED) is 0.627. The molecule has 1 atom stereocenters. The number of carbonyl (C=O) groups excluding carboxylic acids is 1. The van der Waals surface area contributed by atoms with Gasteiger partial charge in [-0.25, -0.2) is 4.79 Å². The van der Waals surface area contributed by atoms with Gasteiger partial charge in [0.15, 0.2) is 0 Å². The maximum absolute atomic E-state index is 11.7. The van der Waals surface area contributed by atoms with Gasteiger partial charge in [-0.3, -0.25) is 0 Å². The van der Waals surface area contributed by atoms with Gasteiger partial charge in [-0.05, 0) is 38.1 Å². The third-order valence-electron chi connectivity index (χ3n) is 3.69. The maximum Gasteiger partial charge on any atom is 0.337 e. The summed E-state index contributed by atoms with van der Waals surface area (Å²) in [6, 6.07) is 5.44. The monoisotopic (exact) mass is 313 g/mol. The summed E-state index contributed by atoms with van der Waals surface area (Å²) in [5.74, 6) is 0.377. The van der Waals surface area contributed by atoms with Crippen molar-refractivity contribution >= 4 is 5.97 Å². The van der Waals surface area contributed by atoms with Crippen LogP contribution in [-0.2, 0) is 11.3 Å². The maximum atomic E-state index is 11.7. The van der Waals surface area contributed by atoms with Gasteiger partial charge in [-0.2, -0.15) is 0 Å². The first-order chi connectivity index (χ1) is 11.1. The van der Waals surface area contributed by atoms with E-state index in [4.69, 9.17) is 9.47 Å². The van der Waals surface area contributed by atoms with Gasteiger partial charge in [0.1, 0.15) is 11.9 Å². The van der Waals surface area contributed by atoms with E-state index in [1.807, 2.05) is 44.2 Å². The highest BCUT2D eigenvalue weighted by Crippen LogP contribution is 2.28. The summed E-state index contributed by atoms with van der Waals surface area (Å²) in [6.45, 7) is 9.35. The van der Waals surface area contributed by atoms with Gasteiger partial charge in [0.05, 0.1) is 19.2 Å². The summed E-state index contributed by atoms with van der Waals surface area (Å²) in [7, 11) is 1.38. The topological polar surface area (TPSA) is 38.8 Å². The molecule has 1 aliphatic rings. The highest BCUT2D eigenvalue weighted by Gasteiger charge is 2.22. The molecule has 0 N–H and O–H groups in total. The van der Waals surface area contributed by atoms with Crippen molar-refractivity contribution in [2.24, 2.45) is 0 Å². The number of rotatable bonds is 4. The van der Waals surface area contributed by atoms with Crippen molar-refractivity contribution < 1.29 is 14.3 Å². The van der Waals surface area contributed by atoms with E-state index in [0.717, 1.165) is 23.6 Å². The lowest BCUT2D eigenvalue weighted by Crippen LogP contribution is -2.29. The highest BCUT2D eigenvalue weighted by atomic mass is 16.5. The van der Waals surface area contributed by atoms with Crippen LogP contribution in [0.25, 0.3) is 0 Å². The number of nitrogens with zero attached hydrogens (tertiary/aromatic N) is 1. The fraction of sp³-hybridized carbons (Fsp3) is 0.316. The molecule has 0 radical (unpaired) electrons. The minimum absolute atomic E-state index is 0.00176. The Kier molecular flexibility index (Phi) is 5.63. The summed E-state index contributed by atoms with van der Waals surface area (Å²) in [5.41, 5.74) is 2.58. The molecule has 1 aromatic rings. The Balaban J connectivity index is 2.34. The average molecular weight is 313 g/mol. The summed E-state index contributed by atoms with van der Waals surface area (Å²) >= 11 is 0. The van der Waals surface area contributed by atoms with E-state index in [0.29, 0.717) is 12.1 Å². The number of fused-ring (bicyclic) bond motifs is 1. The van der Waals surface area contributed by atoms with Crippen molar-refractivity contribution in [2.75, 3.05) is 13.7 Å². The Morgan fingerprint density at radius 2 is 2.26 bits per heavy atom. The largest absolute Gasteiger partial charge is 0.488 e. The number of benzene rings is 1. The van der Waals surface area contributed by atoms with Crippen LogP contribution >= 0.6 is 0 Å². The average Bonchev–Trinajstić information content (AvgIpc) is 2.72. The second-order valence-corrected chi connectivity index (χ2v) is 5.44. The Bertz CT molecular complexity index is 646.